The van der Waals surface area contributed by atoms with E-state index in [0.717, 1.165) is 32.1 Å². The van der Waals surface area contributed by atoms with Gasteiger partial charge < -0.3 is 10.2 Å². The van der Waals surface area contributed by atoms with Gasteiger partial charge in [0.1, 0.15) is 0 Å². The summed E-state index contributed by atoms with van der Waals surface area (Å²) in [6.07, 6.45) is 4.88. The number of hydrogen-bond donors (Lipinski definition) is 2. The molecule has 6 nitrogen and oxygen atoms in total. The molecule has 0 radical (unpaired) electrons. The van der Waals surface area contributed by atoms with E-state index in [9.17, 15) is 13.2 Å². The summed E-state index contributed by atoms with van der Waals surface area (Å²) in [6.45, 7) is 3.65. The summed E-state index contributed by atoms with van der Waals surface area (Å²) < 4.78 is 24.4. The second kappa shape index (κ2) is 6.94. The van der Waals surface area contributed by atoms with E-state index in [-0.39, 0.29) is 12.1 Å². The SMILES string of the molecule is CCNC(=O)N1CCCCC1CCNS(C)(=O)=O. The van der Waals surface area contributed by atoms with E-state index < -0.39 is 10.0 Å². The van der Waals surface area contributed by atoms with E-state index >= 15 is 0 Å². The smallest absolute Gasteiger partial charge is 0.317 e. The van der Waals surface area contributed by atoms with Gasteiger partial charge in [-0.05, 0) is 32.6 Å². The molecular formula is C11H23N3O3S. The van der Waals surface area contributed by atoms with Crippen LogP contribution in [0.2, 0.25) is 0 Å². The summed E-state index contributed by atoms with van der Waals surface area (Å²) in [6, 6.07) is 0.0982. The van der Waals surface area contributed by atoms with Crippen LogP contribution in [0, 0.1) is 0 Å². The van der Waals surface area contributed by atoms with Crippen LogP contribution in [0.5, 0.6) is 0 Å². The number of urea groups is 1. The van der Waals surface area contributed by atoms with Crippen molar-refractivity contribution in [3.05, 3.63) is 0 Å². The number of sulfonamides is 1. The lowest BCUT2D eigenvalue weighted by Gasteiger charge is -2.35. The van der Waals surface area contributed by atoms with Gasteiger partial charge in [-0.25, -0.2) is 17.9 Å². The van der Waals surface area contributed by atoms with Gasteiger partial charge in [0.25, 0.3) is 0 Å². The molecule has 0 spiro atoms. The zero-order valence-corrected chi connectivity index (χ0v) is 11.9. The minimum absolute atomic E-state index is 0.0402. The molecule has 1 saturated heterocycles. The van der Waals surface area contributed by atoms with Gasteiger partial charge in [-0.1, -0.05) is 0 Å². The number of amides is 2. The highest BCUT2D eigenvalue weighted by atomic mass is 32.2. The van der Waals surface area contributed by atoms with Crippen molar-refractivity contribution in [2.45, 2.75) is 38.6 Å². The maximum atomic E-state index is 11.8. The average molecular weight is 277 g/mol. The first kappa shape index (κ1) is 15.2. The lowest BCUT2D eigenvalue weighted by molar-refractivity contribution is 0.147. The van der Waals surface area contributed by atoms with Crippen LogP contribution < -0.4 is 10.0 Å². The fourth-order valence-corrected chi connectivity index (χ4v) is 2.72. The molecule has 0 saturated carbocycles. The Bertz CT molecular complexity index is 370. The Morgan fingerprint density at radius 3 is 2.72 bits per heavy atom. The second-order valence-corrected chi connectivity index (χ2v) is 6.47. The fourth-order valence-electron chi connectivity index (χ4n) is 2.23. The Hall–Kier alpha value is -0.820. The van der Waals surface area contributed by atoms with Gasteiger partial charge >= 0.3 is 6.03 Å². The number of piperidine rings is 1. The average Bonchev–Trinajstić information content (AvgIpc) is 2.28. The zero-order chi connectivity index (χ0) is 13.6. The highest BCUT2D eigenvalue weighted by molar-refractivity contribution is 7.88. The predicted octanol–water partition coefficient (Wildman–Crippen LogP) is 0.510. The molecule has 0 aromatic rings. The highest BCUT2D eigenvalue weighted by Crippen LogP contribution is 2.19. The third-order valence-electron chi connectivity index (χ3n) is 3.06. The third kappa shape index (κ3) is 5.22. The Kier molecular flexibility index (Phi) is 5.87. The van der Waals surface area contributed by atoms with Crippen molar-refractivity contribution < 1.29 is 13.2 Å². The van der Waals surface area contributed by atoms with E-state index in [1.54, 1.807) is 0 Å². The van der Waals surface area contributed by atoms with E-state index in [1.807, 2.05) is 11.8 Å². The number of likely N-dealkylation sites (tertiary alicyclic amines) is 1. The van der Waals surface area contributed by atoms with Gasteiger partial charge in [0.05, 0.1) is 6.26 Å². The second-order valence-electron chi connectivity index (χ2n) is 4.63. The molecule has 1 atom stereocenters. The molecule has 2 amide bonds. The summed E-state index contributed by atoms with van der Waals surface area (Å²) in [5.41, 5.74) is 0. The molecule has 0 aromatic heterocycles. The largest absolute Gasteiger partial charge is 0.338 e. The Balaban J connectivity index is 2.47. The lowest BCUT2D eigenvalue weighted by Crippen LogP contribution is -2.49. The van der Waals surface area contributed by atoms with Crippen LogP contribution >= 0.6 is 0 Å². The summed E-state index contributed by atoms with van der Waals surface area (Å²) in [7, 11) is -3.14. The van der Waals surface area contributed by atoms with Gasteiger partial charge in [0.15, 0.2) is 0 Å². The quantitative estimate of drug-likeness (QED) is 0.768. The molecule has 106 valence electrons. The number of rotatable bonds is 5. The van der Waals surface area contributed by atoms with Gasteiger partial charge in [-0.15, -0.1) is 0 Å². The molecule has 0 bridgehead atoms. The molecule has 1 heterocycles. The van der Waals surface area contributed by atoms with Gasteiger partial charge in [0.2, 0.25) is 10.0 Å². The van der Waals surface area contributed by atoms with Crippen molar-refractivity contribution in [2.75, 3.05) is 25.9 Å². The number of carbonyl (C=O) groups excluding carboxylic acids is 1. The van der Waals surface area contributed by atoms with Crippen LogP contribution in [0.1, 0.15) is 32.6 Å². The molecule has 7 heteroatoms. The fraction of sp³-hybridized carbons (Fsp3) is 0.909. The van der Waals surface area contributed by atoms with Crippen molar-refractivity contribution in [1.82, 2.24) is 14.9 Å². The minimum Gasteiger partial charge on any atom is -0.338 e. The molecule has 1 unspecified atom stereocenters. The Labute approximate surface area is 109 Å². The monoisotopic (exact) mass is 277 g/mol. The first-order chi connectivity index (χ1) is 8.44. The zero-order valence-electron chi connectivity index (χ0n) is 11.1. The minimum atomic E-state index is -3.14. The Morgan fingerprint density at radius 1 is 1.39 bits per heavy atom. The standard InChI is InChI=1S/C11H23N3O3S/c1-3-12-11(15)14-9-5-4-6-10(14)7-8-13-18(2,16)17/h10,13H,3-9H2,1-2H3,(H,12,15). The van der Waals surface area contributed by atoms with E-state index in [4.69, 9.17) is 0 Å². The summed E-state index contributed by atoms with van der Waals surface area (Å²) in [5, 5.41) is 2.80. The van der Waals surface area contributed by atoms with Gasteiger partial charge in [-0.2, -0.15) is 0 Å². The van der Waals surface area contributed by atoms with Gasteiger partial charge in [-0.3, -0.25) is 0 Å². The molecule has 1 aliphatic heterocycles. The van der Waals surface area contributed by atoms with Crippen molar-refractivity contribution in [1.29, 1.82) is 0 Å². The molecule has 2 N–H and O–H groups in total. The van der Waals surface area contributed by atoms with E-state index in [1.165, 1.54) is 0 Å². The van der Waals surface area contributed by atoms with Crippen molar-refractivity contribution in [3.63, 3.8) is 0 Å². The van der Waals surface area contributed by atoms with Crippen LogP contribution in [0.3, 0.4) is 0 Å². The topological polar surface area (TPSA) is 78.5 Å². The molecule has 1 rings (SSSR count). The van der Waals surface area contributed by atoms with Crippen molar-refractivity contribution in [3.8, 4) is 0 Å². The molecule has 18 heavy (non-hydrogen) atoms. The Morgan fingerprint density at radius 2 is 2.11 bits per heavy atom. The predicted molar refractivity (Wildman–Crippen MR) is 70.9 cm³/mol. The van der Waals surface area contributed by atoms with E-state index in [2.05, 4.69) is 10.0 Å². The molecule has 1 aliphatic rings. The normalized spacial score (nSPS) is 20.8. The van der Waals surface area contributed by atoms with Crippen LogP contribution in [-0.4, -0.2) is 51.3 Å². The lowest BCUT2D eigenvalue weighted by atomic mass is 10.00. The molecule has 0 aliphatic carbocycles. The molecule has 0 aromatic carbocycles. The summed E-state index contributed by atoms with van der Waals surface area (Å²) >= 11 is 0. The number of carbonyl (C=O) groups is 1. The van der Waals surface area contributed by atoms with E-state index in [0.29, 0.717) is 19.5 Å². The number of nitrogens with one attached hydrogen (secondary N) is 2. The van der Waals surface area contributed by atoms with Crippen LogP contribution in [0.15, 0.2) is 0 Å². The summed E-state index contributed by atoms with van der Waals surface area (Å²) in [5.74, 6) is 0. The van der Waals surface area contributed by atoms with Crippen molar-refractivity contribution >= 4 is 16.1 Å². The highest BCUT2D eigenvalue weighted by Gasteiger charge is 2.25. The molecule has 1 fully saturated rings. The van der Waals surface area contributed by atoms with Crippen molar-refractivity contribution in [2.24, 2.45) is 0 Å². The first-order valence-electron chi connectivity index (χ1n) is 6.43. The molecular weight excluding hydrogens is 254 g/mol. The van der Waals surface area contributed by atoms with Crippen LogP contribution in [-0.2, 0) is 10.0 Å². The summed E-state index contributed by atoms with van der Waals surface area (Å²) in [4.78, 5) is 13.7. The maximum Gasteiger partial charge on any atom is 0.317 e. The van der Waals surface area contributed by atoms with Gasteiger partial charge in [0, 0.05) is 25.7 Å². The third-order valence-corrected chi connectivity index (χ3v) is 3.79. The maximum absolute atomic E-state index is 11.8. The number of nitrogens with zero attached hydrogens (tertiary/aromatic N) is 1. The number of hydrogen-bond acceptors (Lipinski definition) is 3. The first-order valence-corrected chi connectivity index (χ1v) is 8.32. The van der Waals surface area contributed by atoms with Crippen LogP contribution in [0.4, 0.5) is 4.79 Å². The van der Waals surface area contributed by atoms with Crippen LogP contribution in [0.25, 0.3) is 0 Å².